The van der Waals surface area contributed by atoms with Crippen LogP contribution in [0.25, 0.3) is 33.7 Å². The van der Waals surface area contributed by atoms with Crippen molar-refractivity contribution in [3.05, 3.63) is 68.2 Å². The summed E-state index contributed by atoms with van der Waals surface area (Å²) in [5.74, 6) is 0.539. The van der Waals surface area contributed by atoms with Gasteiger partial charge in [-0.2, -0.15) is 0 Å². The quantitative estimate of drug-likeness (QED) is 0.421. The molecule has 0 atom stereocenters. The first-order valence-corrected chi connectivity index (χ1v) is 10.3. The molecule has 0 spiro atoms. The van der Waals surface area contributed by atoms with Crippen LogP contribution in [0.2, 0.25) is 10.2 Å². The molecule has 0 bridgehead atoms. The summed E-state index contributed by atoms with van der Waals surface area (Å²) >= 11 is 12.7. The maximum absolute atomic E-state index is 13.1. The van der Waals surface area contributed by atoms with Gasteiger partial charge >= 0.3 is 0 Å². The van der Waals surface area contributed by atoms with Crippen molar-refractivity contribution in [1.29, 1.82) is 0 Å². The van der Waals surface area contributed by atoms with Crippen molar-refractivity contribution in [1.82, 2.24) is 19.5 Å². The Kier molecular flexibility index (Phi) is 4.99. The molecule has 0 saturated carbocycles. The van der Waals surface area contributed by atoms with Crippen LogP contribution in [0.1, 0.15) is 31.9 Å². The van der Waals surface area contributed by atoms with Gasteiger partial charge in [-0.15, -0.1) is 0 Å². The molecular formula is C23H22Cl2N4O. The van der Waals surface area contributed by atoms with Crippen molar-refractivity contribution in [2.45, 2.75) is 33.1 Å². The first kappa shape index (κ1) is 20.6. The van der Waals surface area contributed by atoms with Crippen LogP contribution < -0.4 is 5.43 Å². The molecule has 3 heterocycles. The molecule has 0 aliphatic carbocycles. The highest BCUT2D eigenvalue weighted by atomic mass is 35.5. The Hall–Kier alpha value is -2.63. The maximum Gasteiger partial charge on any atom is 0.192 e. The van der Waals surface area contributed by atoms with Gasteiger partial charge in [0.05, 0.1) is 22.8 Å². The summed E-state index contributed by atoms with van der Waals surface area (Å²) in [5.41, 5.74) is 4.69. The predicted molar refractivity (Wildman–Crippen MR) is 123 cm³/mol. The van der Waals surface area contributed by atoms with Gasteiger partial charge in [-0.3, -0.25) is 9.78 Å². The van der Waals surface area contributed by atoms with Gasteiger partial charge in [0.2, 0.25) is 0 Å². The van der Waals surface area contributed by atoms with Crippen LogP contribution >= 0.6 is 23.2 Å². The smallest absolute Gasteiger partial charge is 0.192 e. The second kappa shape index (κ2) is 7.25. The van der Waals surface area contributed by atoms with E-state index in [4.69, 9.17) is 23.2 Å². The highest BCUT2D eigenvalue weighted by molar-refractivity contribution is 6.31. The normalized spacial score (nSPS) is 12.0. The zero-order chi connectivity index (χ0) is 21.8. The van der Waals surface area contributed by atoms with Crippen molar-refractivity contribution in [3.8, 4) is 22.8 Å². The number of fused-ring (bicyclic) bond motifs is 1. The molecule has 4 aromatic rings. The number of pyridine rings is 2. The molecule has 3 aromatic heterocycles. The van der Waals surface area contributed by atoms with Crippen LogP contribution in [0.4, 0.5) is 0 Å². The minimum atomic E-state index is -0.142. The minimum absolute atomic E-state index is 0.0684. The number of halogens is 2. The van der Waals surface area contributed by atoms with Crippen molar-refractivity contribution < 1.29 is 0 Å². The van der Waals surface area contributed by atoms with Crippen LogP contribution in [-0.2, 0) is 12.5 Å². The standard InChI is InChI=1S/C23H22Cl2N4O/c1-12-8-14(23(2,3)4)15(24)9-13(12)17-10-18(30)20-16(28-17)6-7-26-21(20)22-27-11-19(25)29(22)5/h6-11H,1-5H3,(H,28,30). The molecular weight excluding hydrogens is 419 g/mol. The lowest BCUT2D eigenvalue weighted by Crippen LogP contribution is -2.12. The average Bonchev–Trinajstić information content (AvgIpc) is 3.00. The number of aryl methyl sites for hydroxylation is 1. The summed E-state index contributed by atoms with van der Waals surface area (Å²) in [6.07, 6.45) is 3.20. The Bertz CT molecular complexity index is 1350. The number of rotatable bonds is 2. The molecule has 1 N–H and O–H groups in total. The largest absolute Gasteiger partial charge is 0.354 e. The topological polar surface area (TPSA) is 63.6 Å². The van der Waals surface area contributed by atoms with E-state index < -0.39 is 0 Å². The molecule has 4 rings (SSSR count). The van der Waals surface area contributed by atoms with Gasteiger partial charge in [-0.25, -0.2) is 4.98 Å². The summed E-state index contributed by atoms with van der Waals surface area (Å²) in [4.78, 5) is 25.2. The summed E-state index contributed by atoms with van der Waals surface area (Å²) in [6, 6.07) is 7.39. The Morgan fingerprint density at radius 1 is 1.10 bits per heavy atom. The monoisotopic (exact) mass is 440 g/mol. The SMILES string of the molecule is Cc1cc(C(C)(C)C)c(Cl)cc1-c1cc(=O)c2c(-c3ncc(Cl)n3C)nccc2[nH]1. The fourth-order valence-electron chi connectivity index (χ4n) is 3.67. The molecule has 5 nitrogen and oxygen atoms in total. The first-order chi connectivity index (χ1) is 14.1. The molecule has 1 aromatic carbocycles. The lowest BCUT2D eigenvalue weighted by Gasteiger charge is -2.22. The number of benzene rings is 1. The van der Waals surface area contributed by atoms with Gasteiger partial charge in [-0.05, 0) is 35.6 Å². The molecule has 0 aliphatic heterocycles. The highest BCUT2D eigenvalue weighted by Gasteiger charge is 2.20. The van der Waals surface area contributed by atoms with E-state index in [-0.39, 0.29) is 10.8 Å². The van der Waals surface area contributed by atoms with Crippen LogP contribution in [0, 0.1) is 6.92 Å². The molecule has 0 saturated heterocycles. The zero-order valence-corrected chi connectivity index (χ0v) is 19.0. The van der Waals surface area contributed by atoms with Crippen LogP contribution in [0.3, 0.4) is 0 Å². The van der Waals surface area contributed by atoms with Gasteiger partial charge in [0.15, 0.2) is 11.3 Å². The van der Waals surface area contributed by atoms with Crippen molar-refractivity contribution in [2.75, 3.05) is 0 Å². The predicted octanol–water partition coefficient (Wildman–Crippen LogP) is 5.90. The van der Waals surface area contributed by atoms with Gasteiger partial charge in [-0.1, -0.05) is 50.0 Å². The Morgan fingerprint density at radius 3 is 2.47 bits per heavy atom. The van der Waals surface area contributed by atoms with Crippen molar-refractivity contribution in [3.63, 3.8) is 0 Å². The summed E-state index contributed by atoms with van der Waals surface area (Å²) < 4.78 is 1.70. The zero-order valence-electron chi connectivity index (χ0n) is 17.5. The number of nitrogens with one attached hydrogen (secondary N) is 1. The fourth-order valence-corrected chi connectivity index (χ4v) is 4.25. The van der Waals surface area contributed by atoms with E-state index >= 15 is 0 Å². The van der Waals surface area contributed by atoms with Crippen LogP contribution in [0.5, 0.6) is 0 Å². The minimum Gasteiger partial charge on any atom is -0.354 e. The third-order valence-electron chi connectivity index (χ3n) is 5.30. The number of imidazole rings is 1. The number of nitrogens with zero attached hydrogens (tertiary/aromatic N) is 3. The number of aromatic nitrogens is 4. The maximum atomic E-state index is 13.1. The molecule has 0 fully saturated rings. The van der Waals surface area contributed by atoms with Crippen molar-refractivity contribution >= 4 is 34.1 Å². The second-order valence-corrected chi connectivity index (χ2v) is 9.28. The Morgan fingerprint density at radius 2 is 1.83 bits per heavy atom. The van der Waals surface area contributed by atoms with E-state index in [9.17, 15) is 4.79 Å². The molecule has 0 radical (unpaired) electrons. The summed E-state index contributed by atoms with van der Waals surface area (Å²) in [5, 5.41) is 1.63. The highest BCUT2D eigenvalue weighted by Crippen LogP contribution is 2.35. The number of hydrogen-bond donors (Lipinski definition) is 1. The average molecular weight is 441 g/mol. The van der Waals surface area contributed by atoms with Gasteiger partial charge in [0.25, 0.3) is 0 Å². The van der Waals surface area contributed by atoms with E-state index in [0.29, 0.717) is 38.3 Å². The third kappa shape index (κ3) is 3.42. The van der Waals surface area contributed by atoms with E-state index in [1.165, 1.54) is 0 Å². The first-order valence-electron chi connectivity index (χ1n) is 9.58. The molecule has 30 heavy (non-hydrogen) atoms. The molecule has 0 aliphatic rings. The summed E-state index contributed by atoms with van der Waals surface area (Å²) in [6.45, 7) is 8.41. The lowest BCUT2D eigenvalue weighted by molar-refractivity contribution is 0.590. The molecule has 0 unspecified atom stereocenters. The van der Waals surface area contributed by atoms with E-state index in [2.05, 4.69) is 41.8 Å². The molecule has 7 heteroatoms. The Balaban J connectivity index is 1.93. The number of H-pyrrole nitrogens is 1. The van der Waals surface area contributed by atoms with Crippen LogP contribution in [0.15, 0.2) is 41.5 Å². The fraction of sp³-hybridized carbons (Fsp3) is 0.261. The summed E-state index contributed by atoms with van der Waals surface area (Å²) in [7, 11) is 1.79. The lowest BCUT2D eigenvalue weighted by atomic mass is 9.85. The van der Waals surface area contributed by atoms with E-state index in [0.717, 1.165) is 16.7 Å². The van der Waals surface area contributed by atoms with Crippen molar-refractivity contribution in [2.24, 2.45) is 7.05 Å². The second-order valence-electron chi connectivity index (χ2n) is 8.49. The van der Waals surface area contributed by atoms with E-state index in [1.807, 2.05) is 13.0 Å². The van der Waals surface area contributed by atoms with E-state index in [1.54, 1.807) is 36.1 Å². The number of aromatic amines is 1. The van der Waals surface area contributed by atoms with Gasteiger partial charge in [0.1, 0.15) is 10.8 Å². The van der Waals surface area contributed by atoms with Crippen LogP contribution in [-0.4, -0.2) is 19.5 Å². The number of hydrogen-bond acceptors (Lipinski definition) is 3. The molecule has 154 valence electrons. The van der Waals surface area contributed by atoms with Gasteiger partial charge < -0.3 is 9.55 Å². The Labute approximate surface area is 184 Å². The van der Waals surface area contributed by atoms with Gasteiger partial charge in [0, 0.05) is 29.9 Å². The molecule has 0 amide bonds. The third-order valence-corrected chi connectivity index (χ3v) is 5.96.